The first-order valence-electron chi connectivity index (χ1n) is 32.0. The molecule has 0 spiro atoms. The Kier molecular flexibility index (Phi) is 60.8. The third kappa shape index (κ3) is 62.5. The molecule has 0 aliphatic rings. The predicted molar refractivity (Wildman–Crippen MR) is 334 cm³/mol. The van der Waals surface area contributed by atoms with E-state index < -0.39 is 6.10 Å². The first kappa shape index (κ1) is 72.8. The number of rotatable bonds is 57. The third-order valence-electron chi connectivity index (χ3n) is 13.4. The third-order valence-corrected chi connectivity index (χ3v) is 13.4. The largest absolute Gasteiger partial charge is 0.462 e. The van der Waals surface area contributed by atoms with Crippen LogP contribution in [0.15, 0.2) is 122 Å². The highest BCUT2D eigenvalue weighted by Gasteiger charge is 2.19. The topological polar surface area (TPSA) is 78.9 Å². The van der Waals surface area contributed by atoms with Crippen LogP contribution in [0.25, 0.3) is 0 Å². The smallest absolute Gasteiger partial charge is 0.306 e. The molecule has 0 rings (SSSR count). The van der Waals surface area contributed by atoms with Crippen molar-refractivity contribution in [1.82, 2.24) is 0 Å². The second kappa shape index (κ2) is 64.3. The number of ether oxygens (including phenoxy) is 3. The molecule has 0 aromatic carbocycles. The van der Waals surface area contributed by atoms with Crippen molar-refractivity contribution < 1.29 is 28.6 Å². The van der Waals surface area contributed by atoms with E-state index in [2.05, 4.69) is 142 Å². The molecular formula is C71H118O6. The van der Waals surface area contributed by atoms with Crippen molar-refractivity contribution in [3.05, 3.63) is 122 Å². The molecule has 0 aliphatic carbocycles. The Morgan fingerprint density at radius 2 is 0.506 bits per heavy atom. The van der Waals surface area contributed by atoms with E-state index in [1.807, 2.05) is 0 Å². The molecule has 77 heavy (non-hydrogen) atoms. The van der Waals surface area contributed by atoms with Crippen LogP contribution in [-0.4, -0.2) is 37.2 Å². The lowest BCUT2D eigenvalue weighted by atomic mass is 10.0. The summed E-state index contributed by atoms with van der Waals surface area (Å²) in [7, 11) is 0. The minimum absolute atomic E-state index is 0.0995. The van der Waals surface area contributed by atoms with E-state index >= 15 is 0 Å². The van der Waals surface area contributed by atoms with Gasteiger partial charge in [-0.25, -0.2) is 0 Å². The van der Waals surface area contributed by atoms with Crippen LogP contribution in [-0.2, 0) is 28.6 Å². The second-order valence-electron chi connectivity index (χ2n) is 20.9. The quantitative estimate of drug-likeness (QED) is 0.0261. The monoisotopic (exact) mass is 1070 g/mol. The molecule has 0 aromatic rings. The van der Waals surface area contributed by atoms with Gasteiger partial charge in [-0.15, -0.1) is 0 Å². The van der Waals surface area contributed by atoms with Crippen LogP contribution in [0.2, 0.25) is 0 Å². The maximum atomic E-state index is 12.9. The van der Waals surface area contributed by atoms with Crippen molar-refractivity contribution >= 4 is 17.9 Å². The fourth-order valence-electron chi connectivity index (χ4n) is 8.69. The summed E-state index contributed by atoms with van der Waals surface area (Å²) in [6.07, 6.45) is 89.2. The highest BCUT2D eigenvalue weighted by molar-refractivity contribution is 5.71. The van der Waals surface area contributed by atoms with Crippen molar-refractivity contribution in [2.45, 2.75) is 297 Å². The summed E-state index contributed by atoms with van der Waals surface area (Å²) in [6, 6.07) is 0. The molecule has 0 saturated carbocycles. The SMILES string of the molecule is CC/C=C\C/C=C\C/C=C\C/C=C\C/C=C\CCCCCC(=O)OC(COC(=O)CCCCCCC/C=C\C/C=C\C/C=C\CC)COC(=O)CCCCCCCCCCCCCCC/C=C\C/C=C\CCCCCCC. The number of unbranched alkanes of at least 4 members (excludes halogenated alkanes) is 26. The van der Waals surface area contributed by atoms with Crippen molar-refractivity contribution in [1.29, 1.82) is 0 Å². The van der Waals surface area contributed by atoms with E-state index in [0.29, 0.717) is 12.8 Å². The zero-order chi connectivity index (χ0) is 55.7. The molecule has 1 atom stereocenters. The van der Waals surface area contributed by atoms with Crippen molar-refractivity contribution in [2.24, 2.45) is 0 Å². The summed E-state index contributed by atoms with van der Waals surface area (Å²) >= 11 is 0. The molecule has 0 saturated heterocycles. The van der Waals surface area contributed by atoms with Crippen LogP contribution in [0, 0.1) is 0 Å². The van der Waals surface area contributed by atoms with Gasteiger partial charge in [-0.05, 0) is 128 Å². The maximum Gasteiger partial charge on any atom is 0.306 e. The van der Waals surface area contributed by atoms with Gasteiger partial charge in [0.05, 0.1) is 0 Å². The zero-order valence-electron chi connectivity index (χ0n) is 50.2. The summed E-state index contributed by atoms with van der Waals surface area (Å²) < 4.78 is 16.9. The lowest BCUT2D eigenvalue weighted by Gasteiger charge is -2.18. The van der Waals surface area contributed by atoms with Gasteiger partial charge in [0, 0.05) is 19.3 Å². The van der Waals surface area contributed by atoms with Crippen LogP contribution in [0.3, 0.4) is 0 Å². The second-order valence-corrected chi connectivity index (χ2v) is 20.9. The molecule has 0 aromatic heterocycles. The Morgan fingerprint density at radius 1 is 0.273 bits per heavy atom. The molecular weight excluding hydrogens is 949 g/mol. The van der Waals surface area contributed by atoms with Gasteiger partial charge in [-0.3, -0.25) is 14.4 Å². The van der Waals surface area contributed by atoms with Crippen LogP contribution in [0.5, 0.6) is 0 Å². The standard InChI is InChI=1S/C71H118O6/c1-4-7-10-13-16-19-22-25-28-30-32-33-34-35-36-37-39-40-43-46-49-52-55-58-61-64-70(73)76-67-68(66-75-69(72)63-60-57-54-51-48-45-42-27-24-21-18-15-12-9-6-3)77-71(74)65-62-59-56-53-50-47-44-41-38-31-29-26-23-20-17-14-11-8-5-2/h8-9,11-12,17-18,20-22,25-27,29-30,32,38,41-42,47,50,68H,4-7,10,13-16,19,23-24,28,31,33-37,39-40,43-46,48-49,51-67H2,1-3H3/b11-8-,12-9-,20-17-,21-18-,25-22-,29-26-,32-30-,41-38-,42-27-,50-47-. The number of esters is 3. The molecule has 6 heteroatoms. The fraction of sp³-hybridized carbons (Fsp3) is 0.676. The molecule has 1 unspecified atom stereocenters. The van der Waals surface area contributed by atoms with E-state index in [4.69, 9.17) is 14.2 Å². The van der Waals surface area contributed by atoms with Crippen LogP contribution in [0.4, 0.5) is 0 Å². The van der Waals surface area contributed by atoms with Gasteiger partial charge in [-0.2, -0.15) is 0 Å². The van der Waals surface area contributed by atoms with Gasteiger partial charge in [0.15, 0.2) is 6.10 Å². The van der Waals surface area contributed by atoms with E-state index in [-0.39, 0.29) is 37.5 Å². The highest BCUT2D eigenvalue weighted by atomic mass is 16.6. The lowest BCUT2D eigenvalue weighted by Crippen LogP contribution is -2.30. The predicted octanol–water partition coefficient (Wildman–Crippen LogP) is 22.0. The van der Waals surface area contributed by atoms with Gasteiger partial charge in [-0.1, -0.05) is 264 Å². The first-order chi connectivity index (χ1) is 38.0. The highest BCUT2D eigenvalue weighted by Crippen LogP contribution is 2.16. The molecule has 0 fully saturated rings. The van der Waals surface area contributed by atoms with Gasteiger partial charge < -0.3 is 14.2 Å². The Hall–Kier alpha value is -4.19. The average Bonchev–Trinajstić information content (AvgIpc) is 3.43. The molecule has 0 amide bonds. The average molecular weight is 1070 g/mol. The maximum absolute atomic E-state index is 12.9. The normalized spacial score (nSPS) is 12.9. The molecule has 0 bridgehead atoms. The van der Waals surface area contributed by atoms with E-state index in [9.17, 15) is 14.4 Å². The number of allylic oxidation sites excluding steroid dienone is 20. The molecule has 0 N–H and O–H groups in total. The number of hydrogen-bond donors (Lipinski definition) is 0. The Morgan fingerprint density at radius 3 is 0.805 bits per heavy atom. The van der Waals surface area contributed by atoms with Gasteiger partial charge in [0.1, 0.15) is 13.2 Å². The van der Waals surface area contributed by atoms with Crippen molar-refractivity contribution in [3.8, 4) is 0 Å². The molecule has 438 valence electrons. The lowest BCUT2D eigenvalue weighted by molar-refractivity contribution is -0.167. The summed E-state index contributed by atoms with van der Waals surface area (Å²) in [5.74, 6) is -0.946. The van der Waals surface area contributed by atoms with Gasteiger partial charge in [0.2, 0.25) is 0 Å². The van der Waals surface area contributed by atoms with E-state index in [1.165, 1.54) is 109 Å². The van der Waals surface area contributed by atoms with Gasteiger partial charge in [0.25, 0.3) is 0 Å². The zero-order valence-corrected chi connectivity index (χ0v) is 50.2. The van der Waals surface area contributed by atoms with E-state index in [1.54, 1.807) is 0 Å². The Bertz CT molecular complexity index is 1600. The summed E-state index contributed by atoms with van der Waals surface area (Å²) in [5, 5.41) is 0. The summed E-state index contributed by atoms with van der Waals surface area (Å²) in [4.78, 5) is 38.3. The Balaban J connectivity index is 4.40. The van der Waals surface area contributed by atoms with Gasteiger partial charge >= 0.3 is 17.9 Å². The first-order valence-corrected chi connectivity index (χ1v) is 32.0. The van der Waals surface area contributed by atoms with Crippen LogP contribution in [0.1, 0.15) is 290 Å². The summed E-state index contributed by atoms with van der Waals surface area (Å²) in [5.41, 5.74) is 0. The molecule has 6 nitrogen and oxygen atoms in total. The number of carbonyl (C=O) groups excluding carboxylic acids is 3. The molecule has 0 heterocycles. The number of carbonyl (C=O) groups is 3. The minimum Gasteiger partial charge on any atom is -0.462 e. The van der Waals surface area contributed by atoms with Crippen LogP contribution >= 0.6 is 0 Å². The Labute approximate surface area is 475 Å². The van der Waals surface area contributed by atoms with Crippen molar-refractivity contribution in [2.75, 3.05) is 13.2 Å². The minimum atomic E-state index is -0.808. The van der Waals surface area contributed by atoms with Crippen molar-refractivity contribution in [3.63, 3.8) is 0 Å². The fourth-order valence-corrected chi connectivity index (χ4v) is 8.69. The molecule has 0 aliphatic heterocycles. The van der Waals surface area contributed by atoms with E-state index in [0.717, 1.165) is 141 Å². The summed E-state index contributed by atoms with van der Waals surface area (Å²) in [6.45, 7) is 6.38. The van der Waals surface area contributed by atoms with Crippen LogP contribution < -0.4 is 0 Å². The molecule has 0 radical (unpaired) electrons. The number of hydrogen-bond acceptors (Lipinski definition) is 6.